The van der Waals surface area contributed by atoms with Crippen molar-refractivity contribution in [1.29, 1.82) is 0 Å². The second-order valence-electron chi connectivity index (χ2n) is 7.77. The lowest BCUT2D eigenvalue weighted by Gasteiger charge is -2.12. The molecule has 0 radical (unpaired) electrons. The molecule has 2 aromatic carbocycles. The van der Waals surface area contributed by atoms with E-state index >= 15 is 0 Å². The van der Waals surface area contributed by atoms with Crippen LogP contribution in [0.5, 0.6) is 0 Å². The van der Waals surface area contributed by atoms with Crippen molar-refractivity contribution in [2.45, 2.75) is 32.6 Å². The van der Waals surface area contributed by atoms with Gasteiger partial charge in [0.2, 0.25) is 0 Å². The SMILES string of the molecule is C=C(Cc1ccccc1)C1=C/C(=C/C(=O)OCC)CCC(C(=C)Cc2ccccc2)=C1. The van der Waals surface area contributed by atoms with Crippen LogP contribution in [-0.2, 0) is 22.4 Å². The highest BCUT2D eigenvalue weighted by molar-refractivity contribution is 5.83. The number of allylic oxidation sites excluding steroid dienone is 7. The number of hydrogen-bond acceptors (Lipinski definition) is 2. The van der Waals surface area contributed by atoms with Crippen molar-refractivity contribution in [2.75, 3.05) is 6.61 Å². The summed E-state index contributed by atoms with van der Waals surface area (Å²) < 4.78 is 5.13. The van der Waals surface area contributed by atoms with E-state index in [-0.39, 0.29) is 5.97 Å². The summed E-state index contributed by atoms with van der Waals surface area (Å²) in [5.41, 5.74) is 7.79. The van der Waals surface area contributed by atoms with Gasteiger partial charge in [-0.05, 0) is 71.6 Å². The number of esters is 1. The zero-order valence-corrected chi connectivity index (χ0v) is 18.3. The van der Waals surface area contributed by atoms with E-state index in [1.807, 2.05) is 31.2 Å². The Balaban J connectivity index is 1.86. The van der Waals surface area contributed by atoms with Crippen molar-refractivity contribution in [3.8, 4) is 0 Å². The van der Waals surface area contributed by atoms with Crippen LogP contribution in [0.3, 0.4) is 0 Å². The maximum atomic E-state index is 12.1. The lowest BCUT2D eigenvalue weighted by Crippen LogP contribution is -2.01. The van der Waals surface area contributed by atoms with Crippen molar-refractivity contribution >= 4 is 5.97 Å². The zero-order valence-electron chi connectivity index (χ0n) is 18.3. The van der Waals surface area contributed by atoms with E-state index in [2.05, 4.69) is 61.7 Å². The first kappa shape index (κ1) is 22.3. The van der Waals surface area contributed by atoms with Crippen LogP contribution in [0.25, 0.3) is 0 Å². The highest BCUT2D eigenvalue weighted by Crippen LogP contribution is 2.30. The maximum absolute atomic E-state index is 12.1. The average Bonchev–Trinajstić information content (AvgIpc) is 2.98. The quantitative estimate of drug-likeness (QED) is 0.357. The Hall–Kier alpha value is -3.39. The van der Waals surface area contributed by atoms with Gasteiger partial charge in [0.1, 0.15) is 0 Å². The van der Waals surface area contributed by atoms with Crippen molar-refractivity contribution in [3.05, 3.63) is 131 Å². The summed E-state index contributed by atoms with van der Waals surface area (Å²) in [6, 6.07) is 20.7. The predicted octanol–water partition coefficient (Wildman–Crippen LogP) is 6.72. The summed E-state index contributed by atoms with van der Waals surface area (Å²) in [7, 11) is 0. The smallest absolute Gasteiger partial charge is 0.331 e. The molecule has 0 saturated carbocycles. The Morgan fingerprint density at radius 3 is 2.03 bits per heavy atom. The molecule has 0 fully saturated rings. The fourth-order valence-electron chi connectivity index (χ4n) is 3.68. The molecule has 0 aliphatic heterocycles. The van der Waals surface area contributed by atoms with Crippen LogP contribution in [0, 0.1) is 0 Å². The van der Waals surface area contributed by atoms with Crippen LogP contribution in [-0.4, -0.2) is 12.6 Å². The minimum Gasteiger partial charge on any atom is -0.463 e. The van der Waals surface area contributed by atoms with E-state index in [1.165, 1.54) is 16.7 Å². The van der Waals surface area contributed by atoms with Gasteiger partial charge >= 0.3 is 5.97 Å². The van der Waals surface area contributed by atoms with Gasteiger partial charge in [0, 0.05) is 6.08 Å². The summed E-state index contributed by atoms with van der Waals surface area (Å²) >= 11 is 0. The predicted molar refractivity (Wildman–Crippen MR) is 129 cm³/mol. The third-order valence-corrected chi connectivity index (χ3v) is 5.33. The zero-order chi connectivity index (χ0) is 22.1. The van der Waals surface area contributed by atoms with E-state index in [1.54, 1.807) is 6.08 Å². The number of rotatable bonds is 8. The van der Waals surface area contributed by atoms with Crippen LogP contribution in [0.4, 0.5) is 0 Å². The molecule has 158 valence electrons. The largest absolute Gasteiger partial charge is 0.463 e. The van der Waals surface area contributed by atoms with Crippen molar-refractivity contribution < 1.29 is 9.53 Å². The third-order valence-electron chi connectivity index (χ3n) is 5.33. The van der Waals surface area contributed by atoms with Crippen LogP contribution >= 0.6 is 0 Å². The lowest BCUT2D eigenvalue weighted by molar-refractivity contribution is -0.137. The summed E-state index contributed by atoms with van der Waals surface area (Å²) in [4.78, 5) is 12.1. The molecule has 0 N–H and O–H groups in total. The molecule has 0 aromatic heterocycles. The molecule has 0 unspecified atom stereocenters. The Morgan fingerprint density at radius 1 is 0.871 bits per heavy atom. The molecular weight excluding hydrogens is 380 g/mol. The van der Waals surface area contributed by atoms with Gasteiger partial charge in [-0.2, -0.15) is 0 Å². The van der Waals surface area contributed by atoms with Gasteiger partial charge in [0.15, 0.2) is 0 Å². The van der Waals surface area contributed by atoms with E-state index in [4.69, 9.17) is 4.74 Å². The van der Waals surface area contributed by atoms with Crippen LogP contribution in [0.2, 0.25) is 0 Å². The maximum Gasteiger partial charge on any atom is 0.331 e. The first-order valence-electron chi connectivity index (χ1n) is 10.8. The summed E-state index contributed by atoms with van der Waals surface area (Å²) in [5, 5.41) is 0. The number of carbonyl (C=O) groups excluding carboxylic acids is 1. The summed E-state index contributed by atoms with van der Waals surface area (Å²) in [5.74, 6) is -0.298. The molecule has 1 aliphatic rings. The first-order valence-corrected chi connectivity index (χ1v) is 10.8. The fraction of sp³-hybridized carbons (Fsp3) is 0.207. The highest BCUT2D eigenvalue weighted by atomic mass is 16.5. The fourth-order valence-corrected chi connectivity index (χ4v) is 3.68. The molecule has 0 bridgehead atoms. The summed E-state index contributed by atoms with van der Waals surface area (Å²) in [6.45, 7) is 10.9. The molecule has 0 atom stereocenters. The molecule has 0 saturated heterocycles. The molecule has 0 amide bonds. The van der Waals surface area contributed by atoms with E-state index in [9.17, 15) is 4.79 Å². The Bertz CT molecular complexity index is 1020. The normalized spacial score (nSPS) is 14.9. The minimum atomic E-state index is -0.298. The van der Waals surface area contributed by atoms with Crippen LogP contribution in [0.1, 0.15) is 30.9 Å². The van der Waals surface area contributed by atoms with Gasteiger partial charge in [-0.3, -0.25) is 0 Å². The van der Waals surface area contributed by atoms with E-state index in [0.29, 0.717) is 6.61 Å². The third kappa shape index (κ3) is 6.82. The molecule has 2 nitrogen and oxygen atoms in total. The lowest BCUT2D eigenvalue weighted by atomic mass is 9.93. The number of ether oxygens (including phenoxy) is 1. The van der Waals surface area contributed by atoms with E-state index < -0.39 is 0 Å². The second kappa shape index (κ2) is 11.1. The van der Waals surface area contributed by atoms with E-state index in [0.717, 1.165) is 48.0 Å². The standard InChI is InChI=1S/C29H30O2/c1-4-31-29(30)20-26-15-16-27(22(2)17-24-11-7-5-8-12-24)21-28(19-26)23(3)18-25-13-9-6-10-14-25/h5-14,19-21H,2-4,15-18H2,1H3/b26-20+. The number of hydrogen-bond donors (Lipinski definition) is 0. The molecule has 31 heavy (non-hydrogen) atoms. The molecule has 1 aliphatic carbocycles. The minimum absolute atomic E-state index is 0.298. The summed E-state index contributed by atoms with van der Waals surface area (Å²) in [6.07, 6.45) is 9.04. The molecule has 0 heterocycles. The van der Waals surface area contributed by atoms with Gasteiger partial charge in [0.05, 0.1) is 6.61 Å². The van der Waals surface area contributed by atoms with Crippen molar-refractivity contribution in [2.24, 2.45) is 0 Å². The van der Waals surface area contributed by atoms with Crippen molar-refractivity contribution in [1.82, 2.24) is 0 Å². The van der Waals surface area contributed by atoms with Gasteiger partial charge < -0.3 is 4.74 Å². The van der Waals surface area contributed by atoms with Gasteiger partial charge in [-0.1, -0.05) is 86.0 Å². The van der Waals surface area contributed by atoms with Crippen LogP contribution < -0.4 is 0 Å². The van der Waals surface area contributed by atoms with Crippen molar-refractivity contribution in [3.63, 3.8) is 0 Å². The Labute approximate surface area is 186 Å². The Kier molecular flexibility index (Phi) is 8.00. The van der Waals surface area contributed by atoms with Gasteiger partial charge in [-0.25, -0.2) is 4.79 Å². The molecule has 2 aromatic rings. The Morgan fingerprint density at radius 2 is 1.45 bits per heavy atom. The average molecular weight is 411 g/mol. The van der Waals surface area contributed by atoms with Gasteiger partial charge in [-0.15, -0.1) is 0 Å². The van der Waals surface area contributed by atoms with Crippen LogP contribution in [0.15, 0.2) is 120 Å². The molecule has 2 heteroatoms. The number of benzene rings is 2. The first-order chi connectivity index (χ1) is 15.0. The van der Waals surface area contributed by atoms with Gasteiger partial charge in [0.25, 0.3) is 0 Å². The monoisotopic (exact) mass is 410 g/mol. The highest BCUT2D eigenvalue weighted by Gasteiger charge is 2.14. The second-order valence-corrected chi connectivity index (χ2v) is 7.77. The topological polar surface area (TPSA) is 26.3 Å². The molecule has 3 rings (SSSR count). The molecular formula is C29H30O2. The number of carbonyl (C=O) groups is 1. The molecule has 0 spiro atoms.